The molecule has 7 nitrogen and oxygen atoms in total. The standard InChI is InChI=1S/C14H12BrN3O4/c15-13-7(1-2-12(19)20)16-14-17-8-5-10-11(22-4-3-21-10)6-9(8)18(13)14/h5-6H,1-4H2,(H,16,17)(H,19,20). The van der Waals surface area contributed by atoms with Crippen molar-refractivity contribution in [3.8, 4) is 11.5 Å². The molecule has 1 aromatic carbocycles. The first-order valence-corrected chi connectivity index (χ1v) is 7.63. The molecule has 0 saturated carbocycles. The molecule has 0 saturated heterocycles. The number of benzene rings is 1. The highest BCUT2D eigenvalue weighted by Gasteiger charge is 2.19. The molecule has 0 bridgehead atoms. The molecule has 0 spiro atoms. The summed E-state index contributed by atoms with van der Waals surface area (Å²) in [5, 5.41) is 8.81. The summed E-state index contributed by atoms with van der Waals surface area (Å²) in [6, 6.07) is 3.75. The first kappa shape index (κ1) is 13.4. The summed E-state index contributed by atoms with van der Waals surface area (Å²) in [5.74, 6) is 1.22. The molecule has 22 heavy (non-hydrogen) atoms. The van der Waals surface area contributed by atoms with Gasteiger partial charge >= 0.3 is 5.97 Å². The molecule has 1 aliphatic heterocycles. The largest absolute Gasteiger partial charge is 0.486 e. The minimum atomic E-state index is -0.830. The second kappa shape index (κ2) is 4.91. The minimum absolute atomic E-state index is 0.0621. The lowest BCUT2D eigenvalue weighted by Crippen LogP contribution is -2.15. The van der Waals surface area contributed by atoms with Crippen LogP contribution in [0.4, 0.5) is 0 Å². The maximum atomic E-state index is 10.7. The molecular formula is C14H12BrN3O4. The van der Waals surface area contributed by atoms with Gasteiger partial charge in [0.25, 0.3) is 0 Å². The summed E-state index contributed by atoms with van der Waals surface area (Å²) in [6.45, 7) is 1.06. The number of H-pyrrole nitrogens is 1. The van der Waals surface area contributed by atoms with Crippen LogP contribution in [0.2, 0.25) is 0 Å². The van der Waals surface area contributed by atoms with E-state index in [2.05, 4.69) is 25.9 Å². The van der Waals surface area contributed by atoms with Crippen molar-refractivity contribution in [3.63, 3.8) is 0 Å². The SMILES string of the molecule is O=C(O)CCc1[nH]c2nc3cc4c(cc3n2c1Br)OCCO4. The molecule has 8 heteroatoms. The van der Waals surface area contributed by atoms with E-state index in [1.807, 2.05) is 16.5 Å². The molecule has 3 aromatic rings. The summed E-state index contributed by atoms with van der Waals surface area (Å²) in [5.41, 5.74) is 2.48. The van der Waals surface area contributed by atoms with Crippen LogP contribution in [0.3, 0.4) is 0 Å². The molecule has 0 unspecified atom stereocenters. The third-order valence-corrected chi connectivity index (χ3v) is 4.45. The van der Waals surface area contributed by atoms with Crippen LogP contribution in [0, 0.1) is 0 Å². The van der Waals surface area contributed by atoms with E-state index in [-0.39, 0.29) is 6.42 Å². The fourth-order valence-corrected chi connectivity index (χ4v) is 3.27. The number of nitrogens with zero attached hydrogens (tertiary/aromatic N) is 2. The number of aryl methyl sites for hydroxylation is 1. The number of aromatic amines is 1. The number of hydrogen-bond donors (Lipinski definition) is 2. The summed E-state index contributed by atoms with van der Waals surface area (Å²) in [7, 11) is 0. The Hall–Kier alpha value is -2.22. The molecule has 0 fully saturated rings. The third kappa shape index (κ3) is 2.02. The van der Waals surface area contributed by atoms with Gasteiger partial charge in [0.05, 0.1) is 17.5 Å². The molecular weight excluding hydrogens is 354 g/mol. The number of aliphatic carboxylic acids is 1. The van der Waals surface area contributed by atoms with Gasteiger partial charge in [-0.25, -0.2) is 4.98 Å². The molecule has 2 N–H and O–H groups in total. The van der Waals surface area contributed by atoms with Crippen molar-refractivity contribution in [1.29, 1.82) is 0 Å². The van der Waals surface area contributed by atoms with Crippen molar-refractivity contribution < 1.29 is 19.4 Å². The van der Waals surface area contributed by atoms with Crippen LogP contribution in [0.5, 0.6) is 11.5 Å². The average Bonchev–Trinajstić information content (AvgIpc) is 2.99. The van der Waals surface area contributed by atoms with Crippen LogP contribution in [-0.2, 0) is 11.2 Å². The van der Waals surface area contributed by atoms with Gasteiger partial charge in [0.1, 0.15) is 17.8 Å². The summed E-state index contributed by atoms with van der Waals surface area (Å²) in [6.07, 6.45) is 0.470. The van der Waals surface area contributed by atoms with Crippen LogP contribution in [0.25, 0.3) is 16.8 Å². The van der Waals surface area contributed by atoms with E-state index in [9.17, 15) is 4.79 Å². The van der Waals surface area contributed by atoms with Gasteiger partial charge in [-0.3, -0.25) is 9.20 Å². The average molecular weight is 366 g/mol. The quantitative estimate of drug-likeness (QED) is 0.743. The fraction of sp³-hybridized carbons (Fsp3) is 0.286. The first-order valence-electron chi connectivity index (χ1n) is 6.83. The lowest BCUT2D eigenvalue weighted by Gasteiger charge is -2.17. The van der Waals surface area contributed by atoms with E-state index in [1.54, 1.807) is 0 Å². The number of halogens is 1. The van der Waals surface area contributed by atoms with E-state index in [0.29, 0.717) is 36.9 Å². The van der Waals surface area contributed by atoms with Crippen LogP contribution < -0.4 is 9.47 Å². The van der Waals surface area contributed by atoms with Crippen molar-refractivity contribution in [2.75, 3.05) is 13.2 Å². The Morgan fingerprint density at radius 2 is 2.09 bits per heavy atom. The van der Waals surface area contributed by atoms with Crippen LogP contribution in [-0.4, -0.2) is 38.7 Å². The van der Waals surface area contributed by atoms with Crippen molar-refractivity contribution in [2.45, 2.75) is 12.8 Å². The van der Waals surface area contributed by atoms with E-state index < -0.39 is 5.97 Å². The highest BCUT2D eigenvalue weighted by molar-refractivity contribution is 9.10. The smallest absolute Gasteiger partial charge is 0.303 e. The van der Waals surface area contributed by atoms with E-state index in [4.69, 9.17) is 14.6 Å². The number of carboxylic acids is 1. The van der Waals surface area contributed by atoms with E-state index in [1.165, 1.54) is 0 Å². The van der Waals surface area contributed by atoms with Crippen LogP contribution in [0.15, 0.2) is 16.7 Å². The number of hydrogen-bond acceptors (Lipinski definition) is 4. The highest BCUT2D eigenvalue weighted by atomic mass is 79.9. The molecule has 0 atom stereocenters. The van der Waals surface area contributed by atoms with Crippen molar-refractivity contribution >= 4 is 38.7 Å². The second-order valence-corrected chi connectivity index (χ2v) is 5.79. The Labute approximate surface area is 133 Å². The Balaban J connectivity index is 1.86. The zero-order valence-electron chi connectivity index (χ0n) is 11.4. The van der Waals surface area contributed by atoms with Gasteiger partial charge in [-0.15, -0.1) is 0 Å². The van der Waals surface area contributed by atoms with Gasteiger partial charge in [0.15, 0.2) is 11.5 Å². The lowest BCUT2D eigenvalue weighted by atomic mass is 10.2. The summed E-state index contributed by atoms with van der Waals surface area (Å²) >= 11 is 3.53. The molecule has 0 amide bonds. The third-order valence-electron chi connectivity index (χ3n) is 3.62. The summed E-state index contributed by atoms with van der Waals surface area (Å²) < 4.78 is 13.9. The van der Waals surface area contributed by atoms with Gasteiger partial charge < -0.3 is 19.6 Å². The zero-order chi connectivity index (χ0) is 15.3. The van der Waals surface area contributed by atoms with Gasteiger partial charge in [-0.1, -0.05) is 0 Å². The number of rotatable bonds is 3. The highest BCUT2D eigenvalue weighted by Crippen LogP contribution is 2.36. The Morgan fingerprint density at radius 3 is 2.82 bits per heavy atom. The topological polar surface area (TPSA) is 88.8 Å². The zero-order valence-corrected chi connectivity index (χ0v) is 13.0. The Kier molecular flexibility index (Phi) is 3.00. The van der Waals surface area contributed by atoms with Gasteiger partial charge in [-0.05, 0) is 15.9 Å². The normalized spacial score (nSPS) is 13.9. The number of nitrogens with one attached hydrogen (secondary N) is 1. The van der Waals surface area contributed by atoms with Crippen molar-refractivity contribution in [2.24, 2.45) is 0 Å². The van der Waals surface area contributed by atoms with Gasteiger partial charge in [0, 0.05) is 24.2 Å². The van der Waals surface area contributed by atoms with Crippen LogP contribution in [0.1, 0.15) is 12.1 Å². The molecule has 2 aromatic heterocycles. The number of ether oxygens (including phenoxy) is 2. The Bertz CT molecular complexity index is 899. The van der Waals surface area contributed by atoms with E-state index in [0.717, 1.165) is 21.3 Å². The lowest BCUT2D eigenvalue weighted by molar-refractivity contribution is -0.136. The number of carbonyl (C=O) groups is 1. The monoisotopic (exact) mass is 365 g/mol. The predicted molar refractivity (Wildman–Crippen MR) is 81.7 cm³/mol. The summed E-state index contributed by atoms with van der Waals surface area (Å²) in [4.78, 5) is 18.4. The molecule has 4 rings (SSSR count). The molecule has 3 heterocycles. The molecule has 0 aliphatic carbocycles. The van der Waals surface area contributed by atoms with Crippen molar-refractivity contribution in [1.82, 2.24) is 14.4 Å². The van der Waals surface area contributed by atoms with Gasteiger partial charge in [0.2, 0.25) is 5.78 Å². The number of aromatic nitrogens is 3. The molecule has 0 radical (unpaired) electrons. The second-order valence-electron chi connectivity index (χ2n) is 5.04. The maximum Gasteiger partial charge on any atom is 0.303 e. The van der Waals surface area contributed by atoms with Gasteiger partial charge in [-0.2, -0.15) is 0 Å². The fourth-order valence-electron chi connectivity index (χ4n) is 2.62. The minimum Gasteiger partial charge on any atom is -0.486 e. The van der Waals surface area contributed by atoms with Crippen LogP contribution >= 0.6 is 15.9 Å². The molecule has 114 valence electrons. The maximum absolute atomic E-state index is 10.7. The number of fused-ring (bicyclic) bond motifs is 4. The Morgan fingerprint density at radius 1 is 1.36 bits per heavy atom. The van der Waals surface area contributed by atoms with E-state index >= 15 is 0 Å². The number of carboxylic acid groups (broad SMARTS) is 1. The number of imidazole rings is 2. The molecule has 1 aliphatic rings. The van der Waals surface area contributed by atoms with Crippen molar-refractivity contribution in [3.05, 3.63) is 22.4 Å². The predicted octanol–water partition coefficient (Wildman–Crippen LogP) is 2.37. The first-order chi connectivity index (χ1) is 10.6.